The van der Waals surface area contributed by atoms with Gasteiger partial charge < -0.3 is 20.1 Å². The number of ether oxygens (including phenoxy) is 1. The molecule has 182 valence electrons. The second-order valence-electron chi connectivity index (χ2n) is 8.82. The molecule has 2 amide bonds. The van der Waals surface area contributed by atoms with Gasteiger partial charge in [-0.15, -0.1) is 0 Å². The standard InChI is InChI=1S/C27H34N2O5/c1-4-27(5-2,25(32)29(3)17-11-10-16-24(30)31)28-26(33)34-18-23-21-14-8-6-12-19(21)20-13-7-9-15-22(20)23/h6-9,12-15,23H,4-5,10-11,16-18H2,1-3H3,(H,28,33)(H,30,31). The van der Waals surface area contributed by atoms with Crippen LogP contribution in [0.1, 0.15) is 63.0 Å². The smallest absolute Gasteiger partial charge is 0.408 e. The minimum atomic E-state index is -1.07. The Morgan fingerprint density at radius 3 is 2.06 bits per heavy atom. The Labute approximate surface area is 201 Å². The van der Waals surface area contributed by atoms with Crippen LogP contribution in [0.15, 0.2) is 48.5 Å². The van der Waals surface area contributed by atoms with E-state index in [1.54, 1.807) is 11.9 Å². The number of benzene rings is 2. The number of rotatable bonds is 11. The van der Waals surface area contributed by atoms with Gasteiger partial charge in [-0.3, -0.25) is 9.59 Å². The normalized spacial score (nSPS) is 12.6. The Morgan fingerprint density at radius 1 is 0.971 bits per heavy atom. The van der Waals surface area contributed by atoms with Gasteiger partial charge in [-0.2, -0.15) is 0 Å². The molecule has 2 aromatic carbocycles. The molecule has 3 rings (SSSR count). The first-order valence-electron chi connectivity index (χ1n) is 11.9. The fraction of sp³-hybridized carbons (Fsp3) is 0.444. The van der Waals surface area contributed by atoms with Crippen LogP contribution in [0.5, 0.6) is 0 Å². The molecule has 0 saturated heterocycles. The fourth-order valence-corrected chi connectivity index (χ4v) is 4.70. The number of alkyl carbamates (subject to hydrolysis) is 1. The summed E-state index contributed by atoms with van der Waals surface area (Å²) in [7, 11) is 1.68. The lowest BCUT2D eigenvalue weighted by Gasteiger charge is -2.35. The molecule has 0 unspecified atom stereocenters. The maximum absolute atomic E-state index is 13.2. The van der Waals surface area contributed by atoms with Crippen LogP contribution < -0.4 is 5.32 Å². The highest BCUT2D eigenvalue weighted by Crippen LogP contribution is 2.44. The van der Waals surface area contributed by atoms with Crippen molar-refractivity contribution in [3.63, 3.8) is 0 Å². The lowest BCUT2D eigenvalue weighted by Crippen LogP contribution is -2.58. The second kappa shape index (κ2) is 11.2. The summed E-state index contributed by atoms with van der Waals surface area (Å²) in [5.41, 5.74) is 3.51. The van der Waals surface area contributed by atoms with E-state index in [1.165, 1.54) is 0 Å². The van der Waals surface area contributed by atoms with E-state index >= 15 is 0 Å². The van der Waals surface area contributed by atoms with Gasteiger partial charge in [0.1, 0.15) is 12.1 Å². The predicted molar refractivity (Wildman–Crippen MR) is 131 cm³/mol. The molecule has 1 aliphatic carbocycles. The summed E-state index contributed by atoms with van der Waals surface area (Å²) in [6.45, 7) is 4.34. The van der Waals surface area contributed by atoms with Gasteiger partial charge in [-0.25, -0.2) is 4.79 Å². The first-order chi connectivity index (χ1) is 16.3. The van der Waals surface area contributed by atoms with Crippen molar-refractivity contribution >= 4 is 18.0 Å². The quantitative estimate of drug-likeness (QED) is 0.464. The van der Waals surface area contributed by atoms with Crippen molar-refractivity contribution in [1.29, 1.82) is 0 Å². The summed E-state index contributed by atoms with van der Waals surface area (Å²) in [6.07, 6.45) is 1.39. The summed E-state index contributed by atoms with van der Waals surface area (Å²) in [5, 5.41) is 11.6. The van der Waals surface area contributed by atoms with Crippen molar-refractivity contribution in [3.05, 3.63) is 59.7 Å². The van der Waals surface area contributed by atoms with Gasteiger partial charge in [0.15, 0.2) is 0 Å². The molecule has 2 N–H and O–H groups in total. The van der Waals surface area contributed by atoms with Crippen LogP contribution in [0.2, 0.25) is 0 Å². The number of carboxylic acid groups (broad SMARTS) is 1. The van der Waals surface area contributed by atoms with E-state index in [2.05, 4.69) is 29.6 Å². The van der Waals surface area contributed by atoms with E-state index in [-0.39, 0.29) is 24.9 Å². The van der Waals surface area contributed by atoms with Crippen LogP contribution in [0.25, 0.3) is 11.1 Å². The van der Waals surface area contributed by atoms with E-state index in [0.717, 1.165) is 22.3 Å². The van der Waals surface area contributed by atoms with Crippen LogP contribution in [0.3, 0.4) is 0 Å². The van der Waals surface area contributed by atoms with Crippen molar-refractivity contribution in [3.8, 4) is 11.1 Å². The number of hydrogen-bond acceptors (Lipinski definition) is 4. The summed E-state index contributed by atoms with van der Waals surface area (Å²) >= 11 is 0. The van der Waals surface area contributed by atoms with Gasteiger partial charge in [-0.1, -0.05) is 62.4 Å². The number of carbonyl (C=O) groups is 3. The highest BCUT2D eigenvalue weighted by atomic mass is 16.5. The molecule has 34 heavy (non-hydrogen) atoms. The van der Waals surface area contributed by atoms with Crippen molar-refractivity contribution < 1.29 is 24.2 Å². The zero-order valence-corrected chi connectivity index (χ0v) is 20.2. The number of hydrogen-bond donors (Lipinski definition) is 2. The summed E-state index contributed by atoms with van der Waals surface area (Å²) < 4.78 is 5.67. The Morgan fingerprint density at radius 2 is 1.53 bits per heavy atom. The minimum Gasteiger partial charge on any atom is -0.481 e. The third-order valence-electron chi connectivity index (χ3n) is 6.78. The van der Waals surface area contributed by atoms with Crippen molar-refractivity contribution in [2.45, 2.75) is 57.4 Å². The van der Waals surface area contributed by atoms with Crippen LogP contribution in [-0.2, 0) is 14.3 Å². The van der Waals surface area contributed by atoms with Crippen molar-refractivity contribution in [2.24, 2.45) is 0 Å². The van der Waals surface area contributed by atoms with Gasteiger partial charge in [-0.05, 0) is 47.9 Å². The number of carboxylic acids is 1. The predicted octanol–water partition coefficient (Wildman–Crippen LogP) is 4.80. The van der Waals surface area contributed by atoms with Crippen LogP contribution >= 0.6 is 0 Å². The van der Waals surface area contributed by atoms with E-state index in [4.69, 9.17) is 9.84 Å². The number of nitrogens with zero attached hydrogens (tertiary/aromatic N) is 1. The van der Waals surface area contributed by atoms with E-state index < -0.39 is 17.6 Å². The Balaban J connectivity index is 1.64. The Hall–Kier alpha value is -3.35. The molecule has 0 heterocycles. The zero-order chi connectivity index (χ0) is 24.7. The maximum atomic E-state index is 13.2. The number of fused-ring (bicyclic) bond motifs is 3. The monoisotopic (exact) mass is 466 g/mol. The third kappa shape index (κ3) is 5.41. The molecule has 0 aliphatic heterocycles. The lowest BCUT2D eigenvalue weighted by molar-refractivity contribution is -0.137. The Bertz CT molecular complexity index is 986. The molecule has 1 aliphatic rings. The highest BCUT2D eigenvalue weighted by Gasteiger charge is 2.39. The Kier molecular flexibility index (Phi) is 8.31. The number of carbonyl (C=O) groups excluding carboxylic acids is 2. The van der Waals surface area contributed by atoms with Gasteiger partial charge >= 0.3 is 12.1 Å². The minimum absolute atomic E-state index is 0.0524. The van der Waals surface area contributed by atoms with Crippen LogP contribution in [-0.4, -0.2) is 53.7 Å². The topological polar surface area (TPSA) is 95.9 Å². The molecular weight excluding hydrogens is 432 g/mol. The molecule has 0 atom stereocenters. The molecule has 0 radical (unpaired) electrons. The zero-order valence-electron chi connectivity index (χ0n) is 20.2. The number of amides is 2. The summed E-state index contributed by atoms with van der Waals surface area (Å²) in [5.74, 6) is -1.09. The molecule has 0 aromatic heterocycles. The third-order valence-corrected chi connectivity index (χ3v) is 6.78. The fourth-order valence-electron chi connectivity index (χ4n) is 4.70. The molecule has 2 aromatic rings. The highest BCUT2D eigenvalue weighted by molar-refractivity contribution is 5.90. The summed E-state index contributed by atoms with van der Waals surface area (Å²) in [6, 6.07) is 16.3. The number of nitrogens with one attached hydrogen (secondary N) is 1. The first kappa shape index (κ1) is 25.3. The summed E-state index contributed by atoms with van der Waals surface area (Å²) in [4.78, 5) is 38.3. The lowest BCUT2D eigenvalue weighted by atomic mass is 9.91. The van der Waals surface area contributed by atoms with Gasteiger partial charge in [0.2, 0.25) is 5.91 Å². The molecule has 0 bridgehead atoms. The molecule has 0 fully saturated rings. The maximum Gasteiger partial charge on any atom is 0.408 e. The number of likely N-dealkylation sites (N-methyl/N-ethyl adjacent to an activating group) is 1. The number of unbranched alkanes of at least 4 members (excludes halogenated alkanes) is 1. The van der Waals surface area contributed by atoms with E-state index in [0.29, 0.717) is 32.2 Å². The van der Waals surface area contributed by atoms with E-state index in [9.17, 15) is 14.4 Å². The SMILES string of the molecule is CCC(CC)(NC(=O)OCC1c2ccccc2-c2ccccc21)C(=O)N(C)CCCCC(=O)O. The molecule has 0 spiro atoms. The average molecular weight is 467 g/mol. The van der Waals surface area contributed by atoms with Gasteiger partial charge in [0, 0.05) is 25.9 Å². The number of aliphatic carboxylic acids is 1. The van der Waals surface area contributed by atoms with Crippen molar-refractivity contribution in [2.75, 3.05) is 20.2 Å². The molecular formula is C27H34N2O5. The van der Waals surface area contributed by atoms with Gasteiger partial charge in [0.25, 0.3) is 0 Å². The van der Waals surface area contributed by atoms with Crippen molar-refractivity contribution in [1.82, 2.24) is 10.2 Å². The molecule has 7 nitrogen and oxygen atoms in total. The van der Waals surface area contributed by atoms with Gasteiger partial charge in [0.05, 0.1) is 0 Å². The largest absolute Gasteiger partial charge is 0.481 e. The van der Waals surface area contributed by atoms with E-state index in [1.807, 2.05) is 38.1 Å². The average Bonchev–Trinajstić information content (AvgIpc) is 3.17. The second-order valence-corrected chi connectivity index (χ2v) is 8.82. The van der Waals surface area contributed by atoms with Crippen LogP contribution in [0.4, 0.5) is 4.79 Å². The first-order valence-corrected chi connectivity index (χ1v) is 11.9. The molecule has 0 saturated carbocycles. The molecule has 7 heteroatoms. The van der Waals surface area contributed by atoms with Crippen LogP contribution in [0, 0.1) is 0 Å².